The summed E-state index contributed by atoms with van der Waals surface area (Å²) < 4.78 is 7.84. The summed E-state index contributed by atoms with van der Waals surface area (Å²) in [6.45, 7) is 2.89. The number of hydrogen-bond donors (Lipinski definition) is 0. The van der Waals surface area contributed by atoms with Crippen molar-refractivity contribution in [3.05, 3.63) is 18.0 Å². The van der Waals surface area contributed by atoms with Gasteiger partial charge in [0.15, 0.2) is 0 Å². The van der Waals surface area contributed by atoms with E-state index in [9.17, 15) is 4.79 Å². The van der Waals surface area contributed by atoms with Crippen LogP contribution < -0.4 is 0 Å². The Kier molecular flexibility index (Phi) is 3.99. The summed E-state index contributed by atoms with van der Waals surface area (Å²) in [5.74, 6) is 0.632. The molecule has 2 aliphatic heterocycles. The summed E-state index contributed by atoms with van der Waals surface area (Å²) >= 11 is 0. The van der Waals surface area contributed by atoms with Gasteiger partial charge in [-0.15, -0.1) is 0 Å². The van der Waals surface area contributed by atoms with Crippen LogP contribution in [0.2, 0.25) is 0 Å². The number of fused-ring (bicyclic) bond motifs is 1. The Morgan fingerprint density at radius 3 is 3.00 bits per heavy atom. The molecule has 0 aliphatic carbocycles. The standard InChI is InChI=1S/C15H24N4O2/c1-17(2)15(20)13-6-12-4-5-19(10-14(12)21-13)9-11-7-16-18(3)8-11/h7-8,12-14H,4-6,9-10H2,1-3H3/t12-,13+,14-/m0/s1. The van der Waals surface area contributed by atoms with Crippen LogP contribution in [0.15, 0.2) is 12.4 Å². The van der Waals surface area contributed by atoms with Crippen molar-refractivity contribution in [2.45, 2.75) is 31.6 Å². The molecule has 0 spiro atoms. The Bertz CT molecular complexity index is 514. The van der Waals surface area contributed by atoms with Crippen LogP contribution >= 0.6 is 0 Å². The molecule has 3 rings (SSSR count). The zero-order valence-corrected chi connectivity index (χ0v) is 13.0. The molecule has 3 heterocycles. The van der Waals surface area contributed by atoms with Gasteiger partial charge in [0.05, 0.1) is 12.3 Å². The quantitative estimate of drug-likeness (QED) is 0.813. The van der Waals surface area contributed by atoms with E-state index in [1.807, 2.05) is 17.9 Å². The molecule has 0 radical (unpaired) electrons. The van der Waals surface area contributed by atoms with Gasteiger partial charge in [-0.25, -0.2) is 0 Å². The molecule has 2 fully saturated rings. The van der Waals surface area contributed by atoms with E-state index in [2.05, 4.69) is 16.2 Å². The van der Waals surface area contributed by atoms with Gasteiger partial charge in [-0.05, 0) is 25.3 Å². The third-order valence-corrected chi connectivity index (χ3v) is 4.52. The van der Waals surface area contributed by atoms with E-state index >= 15 is 0 Å². The van der Waals surface area contributed by atoms with Crippen molar-refractivity contribution in [1.29, 1.82) is 0 Å². The summed E-state index contributed by atoms with van der Waals surface area (Å²) in [6.07, 6.45) is 5.92. The van der Waals surface area contributed by atoms with Crippen LogP contribution in [0.1, 0.15) is 18.4 Å². The van der Waals surface area contributed by atoms with Gasteiger partial charge in [-0.3, -0.25) is 14.4 Å². The van der Waals surface area contributed by atoms with Gasteiger partial charge in [-0.1, -0.05) is 0 Å². The zero-order chi connectivity index (χ0) is 15.0. The van der Waals surface area contributed by atoms with Gasteiger partial charge >= 0.3 is 0 Å². The summed E-state index contributed by atoms with van der Waals surface area (Å²) in [6, 6.07) is 0. The van der Waals surface area contributed by atoms with Crippen LogP contribution in [-0.4, -0.2) is 64.9 Å². The number of carbonyl (C=O) groups excluding carboxylic acids is 1. The molecule has 6 heteroatoms. The van der Waals surface area contributed by atoms with Crippen LogP contribution in [0, 0.1) is 5.92 Å². The SMILES string of the molecule is CN(C)C(=O)[C@H]1C[C@@H]2CCN(Cc3cnn(C)c3)C[C@@H]2O1. The fourth-order valence-corrected chi connectivity index (χ4v) is 3.40. The number of likely N-dealkylation sites (tertiary alicyclic amines) is 1. The molecule has 2 saturated heterocycles. The van der Waals surface area contributed by atoms with Crippen molar-refractivity contribution in [1.82, 2.24) is 19.6 Å². The molecule has 6 nitrogen and oxygen atoms in total. The Hall–Kier alpha value is -1.40. The molecule has 2 aliphatic rings. The lowest BCUT2D eigenvalue weighted by Gasteiger charge is -2.33. The second-order valence-corrected chi connectivity index (χ2v) is 6.44. The second-order valence-electron chi connectivity index (χ2n) is 6.44. The van der Waals surface area contributed by atoms with Gasteiger partial charge in [0.25, 0.3) is 5.91 Å². The number of likely N-dealkylation sites (N-methyl/N-ethyl adjacent to an activating group) is 1. The fraction of sp³-hybridized carbons (Fsp3) is 0.733. The van der Waals surface area contributed by atoms with Crippen molar-refractivity contribution in [2.24, 2.45) is 13.0 Å². The molecule has 0 saturated carbocycles. The number of aryl methyl sites for hydroxylation is 1. The van der Waals surface area contributed by atoms with Gasteiger partial charge in [0.2, 0.25) is 0 Å². The minimum Gasteiger partial charge on any atom is -0.364 e. The van der Waals surface area contributed by atoms with E-state index in [-0.39, 0.29) is 18.1 Å². The predicted octanol–water partition coefficient (Wildman–Crippen LogP) is 0.488. The van der Waals surface area contributed by atoms with Crippen molar-refractivity contribution in [2.75, 3.05) is 27.2 Å². The van der Waals surface area contributed by atoms with E-state index in [0.717, 1.165) is 32.5 Å². The third kappa shape index (κ3) is 3.11. The number of amides is 1. The Balaban J connectivity index is 1.57. The Morgan fingerprint density at radius 1 is 1.52 bits per heavy atom. The minimum absolute atomic E-state index is 0.100. The van der Waals surface area contributed by atoms with Crippen LogP contribution in [0.3, 0.4) is 0 Å². The van der Waals surface area contributed by atoms with E-state index in [1.165, 1.54) is 5.56 Å². The average molecular weight is 292 g/mol. The molecule has 21 heavy (non-hydrogen) atoms. The summed E-state index contributed by atoms with van der Waals surface area (Å²) in [5.41, 5.74) is 1.23. The van der Waals surface area contributed by atoms with Crippen LogP contribution in [0.25, 0.3) is 0 Å². The minimum atomic E-state index is -0.242. The molecule has 3 atom stereocenters. The second kappa shape index (κ2) is 5.77. The van der Waals surface area contributed by atoms with Crippen molar-refractivity contribution >= 4 is 5.91 Å². The average Bonchev–Trinajstić information content (AvgIpc) is 3.03. The molecule has 1 aromatic rings. The highest BCUT2D eigenvalue weighted by atomic mass is 16.5. The molecule has 0 unspecified atom stereocenters. The van der Waals surface area contributed by atoms with Gasteiger partial charge < -0.3 is 9.64 Å². The first-order valence-electron chi connectivity index (χ1n) is 7.59. The number of rotatable bonds is 3. The first kappa shape index (κ1) is 14.5. The van der Waals surface area contributed by atoms with E-state index in [4.69, 9.17) is 4.74 Å². The molecule has 116 valence electrons. The van der Waals surface area contributed by atoms with Crippen molar-refractivity contribution in [3.8, 4) is 0 Å². The maximum absolute atomic E-state index is 12.0. The molecule has 0 N–H and O–H groups in total. The first-order chi connectivity index (χ1) is 10.0. The number of hydrogen-bond acceptors (Lipinski definition) is 4. The normalized spacial score (nSPS) is 29.4. The predicted molar refractivity (Wildman–Crippen MR) is 78.6 cm³/mol. The number of carbonyl (C=O) groups is 1. The lowest BCUT2D eigenvalue weighted by atomic mass is 9.91. The maximum Gasteiger partial charge on any atom is 0.251 e. The number of ether oxygens (including phenoxy) is 1. The van der Waals surface area contributed by atoms with Crippen molar-refractivity contribution in [3.63, 3.8) is 0 Å². The molecular weight excluding hydrogens is 268 g/mol. The fourth-order valence-electron chi connectivity index (χ4n) is 3.40. The van der Waals surface area contributed by atoms with Crippen LogP contribution in [0.5, 0.6) is 0 Å². The van der Waals surface area contributed by atoms with Gasteiger partial charge in [0, 0.05) is 46.0 Å². The van der Waals surface area contributed by atoms with Crippen LogP contribution in [-0.2, 0) is 23.1 Å². The highest BCUT2D eigenvalue weighted by molar-refractivity contribution is 5.80. The lowest BCUT2D eigenvalue weighted by molar-refractivity contribution is -0.141. The summed E-state index contributed by atoms with van der Waals surface area (Å²) in [7, 11) is 5.53. The monoisotopic (exact) mass is 292 g/mol. The maximum atomic E-state index is 12.0. The highest BCUT2D eigenvalue weighted by Gasteiger charge is 2.42. The Labute approximate surface area is 125 Å². The molecule has 0 aromatic carbocycles. The third-order valence-electron chi connectivity index (χ3n) is 4.52. The number of piperidine rings is 1. The molecule has 0 bridgehead atoms. The molecule has 1 amide bonds. The van der Waals surface area contributed by atoms with Crippen molar-refractivity contribution < 1.29 is 9.53 Å². The smallest absolute Gasteiger partial charge is 0.251 e. The number of nitrogens with zero attached hydrogens (tertiary/aromatic N) is 4. The Morgan fingerprint density at radius 2 is 2.33 bits per heavy atom. The van der Waals surface area contributed by atoms with Crippen LogP contribution in [0.4, 0.5) is 0 Å². The van der Waals surface area contributed by atoms with E-state index < -0.39 is 0 Å². The molecular formula is C15H24N4O2. The summed E-state index contributed by atoms with van der Waals surface area (Å²) in [5, 5.41) is 4.21. The molecule has 1 aromatic heterocycles. The zero-order valence-electron chi connectivity index (χ0n) is 13.0. The van der Waals surface area contributed by atoms with Gasteiger partial charge in [0.1, 0.15) is 6.10 Å². The largest absolute Gasteiger partial charge is 0.364 e. The van der Waals surface area contributed by atoms with Gasteiger partial charge in [-0.2, -0.15) is 5.10 Å². The topological polar surface area (TPSA) is 50.6 Å². The first-order valence-corrected chi connectivity index (χ1v) is 7.59. The highest BCUT2D eigenvalue weighted by Crippen LogP contribution is 2.34. The number of aromatic nitrogens is 2. The lowest BCUT2D eigenvalue weighted by Crippen LogP contribution is -2.42. The summed E-state index contributed by atoms with van der Waals surface area (Å²) in [4.78, 5) is 16.1. The van der Waals surface area contributed by atoms with E-state index in [0.29, 0.717) is 5.92 Å². The van der Waals surface area contributed by atoms with E-state index in [1.54, 1.807) is 19.0 Å².